The molecule has 24 heavy (non-hydrogen) atoms. The Morgan fingerprint density at radius 2 is 2.08 bits per heavy atom. The molecule has 7 nitrogen and oxygen atoms in total. The Bertz CT molecular complexity index is 852. The van der Waals surface area contributed by atoms with Crippen molar-refractivity contribution in [3.05, 3.63) is 28.8 Å². The average Bonchev–Trinajstić information content (AvgIpc) is 2.94. The summed E-state index contributed by atoms with van der Waals surface area (Å²) in [7, 11) is -0.831. The van der Waals surface area contributed by atoms with Crippen LogP contribution < -0.4 is 5.32 Å². The maximum Gasteiger partial charge on any atom is 0.259 e. The van der Waals surface area contributed by atoms with Gasteiger partial charge in [-0.05, 0) is 24.0 Å². The molecule has 0 saturated carbocycles. The number of anilines is 1. The number of hydrogen-bond donors (Lipinski definition) is 1. The molecule has 0 aliphatic rings. The van der Waals surface area contributed by atoms with E-state index in [1.807, 2.05) is 6.92 Å². The van der Waals surface area contributed by atoms with Crippen molar-refractivity contribution >= 4 is 55.8 Å². The van der Waals surface area contributed by atoms with Gasteiger partial charge < -0.3 is 0 Å². The molecule has 0 bridgehead atoms. The van der Waals surface area contributed by atoms with E-state index in [1.165, 1.54) is 55.4 Å². The van der Waals surface area contributed by atoms with E-state index in [-0.39, 0.29) is 15.5 Å². The summed E-state index contributed by atoms with van der Waals surface area (Å²) in [6, 6.07) is 3.98. The van der Waals surface area contributed by atoms with Gasteiger partial charge in [0.15, 0.2) is 4.34 Å². The zero-order valence-electron chi connectivity index (χ0n) is 13.1. The summed E-state index contributed by atoms with van der Waals surface area (Å²) in [6.07, 6.45) is 0. The number of rotatable bonds is 6. The second kappa shape index (κ2) is 7.79. The number of carbonyl (C=O) groups is 1. The third-order valence-electron chi connectivity index (χ3n) is 2.86. The van der Waals surface area contributed by atoms with Crippen molar-refractivity contribution in [2.75, 3.05) is 25.2 Å². The molecule has 2 rings (SSSR count). The Kier molecular flexibility index (Phi) is 6.21. The Morgan fingerprint density at radius 1 is 1.38 bits per heavy atom. The van der Waals surface area contributed by atoms with E-state index in [0.29, 0.717) is 5.13 Å². The van der Waals surface area contributed by atoms with Gasteiger partial charge in [-0.15, -0.1) is 10.2 Å². The molecule has 0 aliphatic heterocycles. The molecule has 0 saturated heterocycles. The number of amides is 1. The van der Waals surface area contributed by atoms with Crippen molar-refractivity contribution in [3.8, 4) is 0 Å². The average molecular weight is 407 g/mol. The zero-order valence-corrected chi connectivity index (χ0v) is 16.3. The topological polar surface area (TPSA) is 92.3 Å². The fourth-order valence-corrected chi connectivity index (χ4v) is 4.43. The highest BCUT2D eigenvalue weighted by Crippen LogP contribution is 2.27. The third kappa shape index (κ3) is 4.25. The van der Waals surface area contributed by atoms with Crippen LogP contribution in [0.1, 0.15) is 17.3 Å². The summed E-state index contributed by atoms with van der Waals surface area (Å²) in [6.45, 7) is 1.99. The first-order valence-electron chi connectivity index (χ1n) is 6.75. The second-order valence-corrected chi connectivity index (χ2v) is 9.74. The molecular weight excluding hydrogens is 392 g/mol. The molecule has 1 heterocycles. The lowest BCUT2D eigenvalue weighted by atomic mass is 10.2. The number of benzene rings is 1. The van der Waals surface area contributed by atoms with Crippen LogP contribution in [0, 0.1) is 0 Å². The molecule has 0 spiro atoms. The molecule has 1 aromatic carbocycles. The Labute approximate surface area is 153 Å². The SMILES string of the molecule is CCSc1nnc(NC(=O)c2cc(S(=O)(=O)N(C)C)ccc2Cl)s1. The van der Waals surface area contributed by atoms with Gasteiger partial charge in [0.1, 0.15) is 0 Å². The van der Waals surface area contributed by atoms with Gasteiger partial charge in [-0.25, -0.2) is 12.7 Å². The minimum absolute atomic E-state index is 0.0125. The second-order valence-electron chi connectivity index (χ2n) is 4.69. The summed E-state index contributed by atoms with van der Waals surface area (Å²) >= 11 is 8.79. The Balaban J connectivity index is 2.28. The van der Waals surface area contributed by atoms with Gasteiger partial charge in [-0.1, -0.05) is 41.6 Å². The Morgan fingerprint density at radius 3 is 2.71 bits per heavy atom. The number of halogens is 1. The highest BCUT2D eigenvalue weighted by Gasteiger charge is 2.21. The molecule has 0 atom stereocenters. The number of hydrogen-bond acceptors (Lipinski definition) is 7. The molecular formula is C13H15ClN4O3S3. The van der Waals surface area contributed by atoms with Crippen LogP contribution in [0.5, 0.6) is 0 Å². The lowest BCUT2D eigenvalue weighted by Gasteiger charge is -2.12. The number of nitrogens with one attached hydrogen (secondary N) is 1. The van der Waals surface area contributed by atoms with E-state index in [2.05, 4.69) is 15.5 Å². The van der Waals surface area contributed by atoms with E-state index in [4.69, 9.17) is 11.6 Å². The summed E-state index contributed by atoms with van der Waals surface area (Å²) in [4.78, 5) is 12.4. The highest BCUT2D eigenvalue weighted by molar-refractivity contribution is 8.01. The lowest BCUT2D eigenvalue weighted by Crippen LogP contribution is -2.23. The van der Waals surface area contributed by atoms with E-state index < -0.39 is 15.9 Å². The van der Waals surface area contributed by atoms with Gasteiger partial charge in [-0.2, -0.15) is 0 Å². The highest BCUT2D eigenvalue weighted by atomic mass is 35.5. The normalized spacial score (nSPS) is 11.7. The van der Waals surface area contributed by atoms with Crippen LogP contribution in [0.25, 0.3) is 0 Å². The smallest absolute Gasteiger partial charge is 0.259 e. The first-order valence-corrected chi connectivity index (χ1v) is 10.4. The quantitative estimate of drug-likeness (QED) is 0.585. The van der Waals surface area contributed by atoms with E-state index in [0.717, 1.165) is 14.4 Å². The van der Waals surface area contributed by atoms with Gasteiger partial charge >= 0.3 is 0 Å². The lowest BCUT2D eigenvalue weighted by molar-refractivity contribution is 0.102. The maximum absolute atomic E-state index is 12.4. The number of thioether (sulfide) groups is 1. The predicted octanol–water partition coefficient (Wildman–Crippen LogP) is 2.81. The van der Waals surface area contributed by atoms with Gasteiger partial charge in [0.05, 0.1) is 15.5 Å². The van der Waals surface area contributed by atoms with E-state index >= 15 is 0 Å². The van der Waals surface area contributed by atoms with Crippen LogP contribution in [0.3, 0.4) is 0 Å². The summed E-state index contributed by atoms with van der Waals surface area (Å²) < 4.78 is 26.2. The van der Waals surface area contributed by atoms with Crippen molar-refractivity contribution in [2.45, 2.75) is 16.2 Å². The van der Waals surface area contributed by atoms with Gasteiger partial charge in [0, 0.05) is 14.1 Å². The molecule has 1 aromatic heterocycles. The van der Waals surface area contributed by atoms with Crippen LogP contribution in [0.15, 0.2) is 27.4 Å². The monoisotopic (exact) mass is 406 g/mol. The van der Waals surface area contributed by atoms with Crippen LogP contribution in [-0.4, -0.2) is 48.7 Å². The van der Waals surface area contributed by atoms with E-state index in [1.54, 1.807) is 0 Å². The summed E-state index contributed by atoms with van der Waals surface area (Å²) in [5.74, 6) is 0.304. The van der Waals surface area contributed by atoms with Gasteiger partial charge in [0.2, 0.25) is 15.2 Å². The number of carbonyl (C=O) groups excluding carboxylic acids is 1. The van der Waals surface area contributed by atoms with Crippen molar-refractivity contribution in [1.82, 2.24) is 14.5 Å². The molecule has 0 unspecified atom stereocenters. The fourth-order valence-electron chi connectivity index (χ4n) is 1.66. The molecule has 1 N–H and O–H groups in total. The minimum atomic E-state index is -3.66. The van der Waals surface area contributed by atoms with Crippen LogP contribution in [0.2, 0.25) is 5.02 Å². The zero-order chi connectivity index (χ0) is 17.9. The molecule has 1 amide bonds. The third-order valence-corrected chi connectivity index (χ3v) is 6.85. The predicted molar refractivity (Wildman–Crippen MR) is 96.6 cm³/mol. The first-order chi connectivity index (χ1) is 11.3. The summed E-state index contributed by atoms with van der Waals surface area (Å²) in [5.41, 5.74) is 0.0551. The standard InChI is InChI=1S/C13H15ClN4O3S3/c1-4-22-13-17-16-12(23-13)15-11(19)9-7-8(5-6-10(9)14)24(20,21)18(2)3/h5-7H,4H2,1-3H3,(H,15,16,19). The van der Waals surface area contributed by atoms with Crippen LogP contribution in [-0.2, 0) is 10.0 Å². The van der Waals surface area contributed by atoms with Gasteiger partial charge in [0.25, 0.3) is 5.91 Å². The minimum Gasteiger partial charge on any atom is -0.296 e. The Hall–Kier alpha value is -1.20. The van der Waals surface area contributed by atoms with Crippen molar-refractivity contribution < 1.29 is 13.2 Å². The van der Waals surface area contributed by atoms with Crippen molar-refractivity contribution in [2.24, 2.45) is 0 Å². The molecule has 130 valence electrons. The molecule has 0 radical (unpaired) electrons. The van der Waals surface area contributed by atoms with Crippen molar-refractivity contribution in [3.63, 3.8) is 0 Å². The number of aromatic nitrogens is 2. The number of sulfonamides is 1. The molecule has 2 aromatic rings. The van der Waals surface area contributed by atoms with Crippen LogP contribution >= 0.6 is 34.7 Å². The van der Waals surface area contributed by atoms with E-state index in [9.17, 15) is 13.2 Å². The molecule has 11 heteroatoms. The van der Waals surface area contributed by atoms with Crippen molar-refractivity contribution in [1.29, 1.82) is 0 Å². The maximum atomic E-state index is 12.4. The summed E-state index contributed by atoms with van der Waals surface area (Å²) in [5, 5.41) is 10.9. The van der Waals surface area contributed by atoms with Crippen LogP contribution in [0.4, 0.5) is 5.13 Å². The largest absolute Gasteiger partial charge is 0.296 e. The molecule has 0 aliphatic carbocycles. The van der Waals surface area contributed by atoms with Gasteiger partial charge in [-0.3, -0.25) is 10.1 Å². The first kappa shape index (κ1) is 19.1. The molecule has 0 fully saturated rings. The fraction of sp³-hybridized carbons (Fsp3) is 0.308. The number of nitrogens with zero attached hydrogens (tertiary/aromatic N) is 3.